The third kappa shape index (κ3) is 5.72. The first-order chi connectivity index (χ1) is 18.9. The van der Waals surface area contributed by atoms with Crippen molar-refractivity contribution in [1.29, 1.82) is 0 Å². The molecule has 0 unspecified atom stereocenters. The second-order valence-electron chi connectivity index (χ2n) is 8.75. The van der Waals surface area contributed by atoms with E-state index >= 15 is 0 Å². The molecule has 0 aliphatic carbocycles. The number of aliphatic hydroxyl groups is 3. The summed E-state index contributed by atoms with van der Waals surface area (Å²) in [6, 6.07) is 5.77. The van der Waals surface area contributed by atoms with Crippen LogP contribution in [0.25, 0.3) is 22.3 Å². The van der Waals surface area contributed by atoms with Crippen molar-refractivity contribution in [3.05, 3.63) is 30.3 Å². The molecule has 2 heterocycles. The van der Waals surface area contributed by atoms with Gasteiger partial charge in [0.25, 0.3) is 0 Å². The summed E-state index contributed by atoms with van der Waals surface area (Å²) in [5, 5.41) is 80.4. The van der Waals surface area contributed by atoms with Crippen LogP contribution in [0, 0.1) is 0 Å². The monoisotopic (exact) mass is 565 g/mol. The number of fused-ring (bicyclic) bond motifs is 1. The van der Waals surface area contributed by atoms with E-state index in [0.717, 1.165) is 12.1 Å². The average molecular weight is 565 g/mol. The molecular formula is C25H25O15+. The number of carboxylic acids is 1. The van der Waals surface area contributed by atoms with E-state index in [1.54, 1.807) is 0 Å². The lowest BCUT2D eigenvalue weighted by Gasteiger charge is -2.39. The van der Waals surface area contributed by atoms with E-state index in [0.29, 0.717) is 0 Å². The van der Waals surface area contributed by atoms with E-state index in [4.69, 9.17) is 28.5 Å². The highest BCUT2D eigenvalue weighted by Crippen LogP contribution is 2.45. The summed E-state index contributed by atoms with van der Waals surface area (Å²) < 4.78 is 27.0. The van der Waals surface area contributed by atoms with E-state index in [-0.39, 0.29) is 39.5 Å². The van der Waals surface area contributed by atoms with Crippen molar-refractivity contribution in [1.82, 2.24) is 0 Å². The van der Waals surface area contributed by atoms with Crippen LogP contribution < -0.4 is 9.47 Å². The van der Waals surface area contributed by atoms with Crippen molar-refractivity contribution in [2.24, 2.45) is 0 Å². The van der Waals surface area contributed by atoms with Gasteiger partial charge in [0.2, 0.25) is 17.8 Å². The molecule has 5 atom stereocenters. The van der Waals surface area contributed by atoms with Gasteiger partial charge in [0.1, 0.15) is 54.3 Å². The Balaban J connectivity index is 1.74. The number of phenols is 4. The number of hydrogen-bond acceptors (Lipinski definition) is 13. The Hall–Kier alpha value is -4.57. The second kappa shape index (κ2) is 11.3. The molecule has 1 aliphatic heterocycles. The maximum absolute atomic E-state index is 11.6. The van der Waals surface area contributed by atoms with Gasteiger partial charge in [-0.25, -0.2) is 4.42 Å². The molecule has 8 N–H and O–H groups in total. The van der Waals surface area contributed by atoms with Crippen LogP contribution >= 0.6 is 0 Å². The van der Waals surface area contributed by atoms with Crippen LogP contribution in [0.15, 0.2) is 34.7 Å². The SMILES string of the molecule is COc1cc(-c2[o+]c3cc(O)cc(O)c3cc2O[C@@H]2O[C@H](COC(=O)CC(=O)O)[C@@H](O)[C@H](O)[C@H]2O)cc(O)c1O. The highest BCUT2D eigenvalue weighted by Gasteiger charge is 2.46. The molecule has 3 aromatic rings. The van der Waals surface area contributed by atoms with E-state index in [1.807, 2.05) is 0 Å². The molecule has 0 amide bonds. The number of carbonyl (C=O) groups excluding carboxylic acids is 1. The van der Waals surface area contributed by atoms with Crippen molar-refractivity contribution in [2.45, 2.75) is 37.1 Å². The number of carbonyl (C=O) groups is 2. The Morgan fingerprint density at radius 3 is 2.33 bits per heavy atom. The highest BCUT2D eigenvalue weighted by molar-refractivity contribution is 5.90. The molecule has 1 aliphatic rings. The van der Waals surface area contributed by atoms with Crippen molar-refractivity contribution in [3.8, 4) is 45.8 Å². The average Bonchev–Trinajstić information content (AvgIpc) is 2.89. The van der Waals surface area contributed by atoms with Crippen LogP contribution in [0.3, 0.4) is 0 Å². The third-order valence-electron chi connectivity index (χ3n) is 5.97. The van der Waals surface area contributed by atoms with Crippen molar-refractivity contribution in [2.75, 3.05) is 13.7 Å². The maximum Gasteiger partial charge on any atom is 0.402 e. The fourth-order valence-electron chi connectivity index (χ4n) is 3.98. The summed E-state index contributed by atoms with van der Waals surface area (Å²) in [5.74, 6) is -5.15. The topological polar surface area (TPSA) is 244 Å². The number of methoxy groups -OCH3 is 1. The van der Waals surface area contributed by atoms with Crippen LogP contribution in [-0.2, 0) is 19.1 Å². The molecule has 2 aromatic carbocycles. The van der Waals surface area contributed by atoms with Crippen LogP contribution in [0.5, 0.6) is 34.5 Å². The second-order valence-corrected chi connectivity index (χ2v) is 8.75. The summed E-state index contributed by atoms with van der Waals surface area (Å²) in [6.07, 6.45) is -9.69. The predicted molar refractivity (Wildman–Crippen MR) is 130 cm³/mol. The zero-order chi connectivity index (χ0) is 29.3. The van der Waals surface area contributed by atoms with Gasteiger partial charge in [-0.1, -0.05) is 0 Å². The number of rotatable bonds is 8. The quantitative estimate of drug-likeness (QED) is 0.0798. The zero-order valence-electron chi connectivity index (χ0n) is 20.6. The normalized spacial score (nSPS) is 22.6. The van der Waals surface area contributed by atoms with Gasteiger partial charge in [-0.15, -0.1) is 0 Å². The van der Waals surface area contributed by atoms with Gasteiger partial charge in [-0.05, 0) is 0 Å². The lowest BCUT2D eigenvalue weighted by atomic mass is 9.99. The van der Waals surface area contributed by atoms with Gasteiger partial charge in [0.05, 0.1) is 18.7 Å². The highest BCUT2D eigenvalue weighted by atomic mass is 16.7. The largest absolute Gasteiger partial charge is 0.507 e. The smallest absolute Gasteiger partial charge is 0.402 e. The standard InChI is InChI=1S/C25H24O15/c1-36-15-3-9(2-13(28)20(15)32)24-16(6-11-12(27)4-10(26)5-14(11)38-24)39-25-23(35)22(34)21(33)17(40-25)8-37-19(31)7-18(29)30/h2-6,17,21-23,25,33-35H,7-8H2,1H3,(H4-,26,27,28,29,30,32)/p+1/t17-,21-,22+,23-,25-/m1/s1. The molecule has 0 bridgehead atoms. The van der Waals surface area contributed by atoms with Crippen molar-refractivity contribution < 1.29 is 73.8 Å². The van der Waals surface area contributed by atoms with Gasteiger partial charge in [0.15, 0.2) is 11.5 Å². The van der Waals surface area contributed by atoms with Crippen molar-refractivity contribution >= 4 is 22.9 Å². The van der Waals surface area contributed by atoms with Crippen LogP contribution in [0.4, 0.5) is 0 Å². The molecule has 0 saturated carbocycles. The molecule has 0 radical (unpaired) electrons. The molecule has 40 heavy (non-hydrogen) atoms. The van der Waals surface area contributed by atoms with Crippen molar-refractivity contribution in [3.63, 3.8) is 0 Å². The van der Waals surface area contributed by atoms with Crippen LogP contribution in [-0.4, -0.2) is 97.2 Å². The summed E-state index contributed by atoms with van der Waals surface area (Å²) in [4.78, 5) is 22.3. The minimum absolute atomic E-state index is 0.0246. The third-order valence-corrected chi connectivity index (χ3v) is 5.97. The van der Waals surface area contributed by atoms with E-state index in [9.17, 15) is 45.3 Å². The number of benzene rings is 2. The Kier molecular flexibility index (Phi) is 8.01. The number of ether oxygens (including phenoxy) is 4. The number of carboxylic acid groups (broad SMARTS) is 1. The first-order valence-corrected chi connectivity index (χ1v) is 11.6. The van der Waals surface area contributed by atoms with E-state index in [2.05, 4.69) is 0 Å². The Morgan fingerprint density at radius 2 is 1.65 bits per heavy atom. The van der Waals surface area contributed by atoms with Gasteiger partial charge >= 0.3 is 23.3 Å². The number of aliphatic hydroxyl groups excluding tert-OH is 3. The van der Waals surface area contributed by atoms with Gasteiger partial charge in [-0.2, -0.15) is 0 Å². The van der Waals surface area contributed by atoms with Gasteiger partial charge < -0.3 is 59.8 Å². The predicted octanol–water partition coefficient (Wildman–Crippen LogP) is 0.416. The number of esters is 1. The molecule has 4 rings (SSSR count). The molecule has 1 aromatic heterocycles. The molecule has 0 spiro atoms. The van der Waals surface area contributed by atoms with E-state index in [1.165, 1.54) is 25.3 Å². The summed E-state index contributed by atoms with van der Waals surface area (Å²) >= 11 is 0. The number of hydrogen-bond donors (Lipinski definition) is 8. The van der Waals surface area contributed by atoms with Gasteiger partial charge in [-0.3, -0.25) is 9.59 Å². The van der Waals surface area contributed by atoms with Crippen LogP contribution in [0.1, 0.15) is 6.42 Å². The number of aromatic hydroxyl groups is 4. The summed E-state index contributed by atoms with van der Waals surface area (Å²) in [5.41, 5.74) is 0.00656. The number of phenolic OH excluding ortho intramolecular Hbond substituents is 4. The zero-order valence-corrected chi connectivity index (χ0v) is 20.6. The molecule has 15 heteroatoms. The first kappa shape index (κ1) is 28.4. The van der Waals surface area contributed by atoms with E-state index < -0.39 is 72.9 Å². The molecular weight excluding hydrogens is 540 g/mol. The molecule has 1 saturated heterocycles. The Morgan fingerprint density at radius 1 is 0.925 bits per heavy atom. The number of aliphatic carboxylic acids is 1. The van der Waals surface area contributed by atoms with Gasteiger partial charge in [0, 0.05) is 24.3 Å². The fraction of sp³-hybridized carbons (Fsp3) is 0.320. The molecule has 214 valence electrons. The molecule has 15 nitrogen and oxygen atoms in total. The lowest BCUT2D eigenvalue weighted by molar-refractivity contribution is -0.278. The summed E-state index contributed by atoms with van der Waals surface area (Å²) in [7, 11) is 1.23. The first-order valence-electron chi connectivity index (χ1n) is 11.6. The Bertz CT molecular complexity index is 1440. The minimum atomic E-state index is -1.87. The van der Waals surface area contributed by atoms with Crippen LogP contribution in [0.2, 0.25) is 0 Å². The summed E-state index contributed by atoms with van der Waals surface area (Å²) in [6.45, 7) is -0.699. The Labute approximate surface area is 224 Å². The maximum atomic E-state index is 11.6. The molecule has 1 fully saturated rings. The lowest BCUT2D eigenvalue weighted by Crippen LogP contribution is -2.60. The fourth-order valence-corrected chi connectivity index (χ4v) is 3.98. The minimum Gasteiger partial charge on any atom is -0.507 e.